The van der Waals surface area contributed by atoms with Crippen LogP contribution in [0.25, 0.3) is 0 Å². The van der Waals surface area contributed by atoms with Crippen LogP contribution in [-0.2, 0) is 4.79 Å². The minimum Gasteiger partial charge on any atom is -0.306 e. The van der Waals surface area contributed by atoms with Gasteiger partial charge in [0.15, 0.2) is 0 Å². The van der Waals surface area contributed by atoms with Gasteiger partial charge < -0.3 is 5.32 Å². The molecule has 1 saturated heterocycles. The van der Waals surface area contributed by atoms with E-state index in [1.807, 2.05) is 19.9 Å². The second kappa shape index (κ2) is 4.57. The second-order valence-electron chi connectivity index (χ2n) is 4.11. The first-order valence-electron chi connectivity index (χ1n) is 5.52. The molecule has 0 aliphatic carbocycles. The average Bonchev–Trinajstić information content (AvgIpc) is 2.68. The number of anilines is 1. The number of nitrogens with zero attached hydrogens (tertiary/aromatic N) is 2. The molecule has 1 fully saturated rings. The highest BCUT2D eigenvalue weighted by Crippen LogP contribution is 2.08. The number of hydrogen-bond acceptors (Lipinski definition) is 4. The third-order valence-corrected chi connectivity index (χ3v) is 2.59. The van der Waals surface area contributed by atoms with E-state index in [0.717, 1.165) is 30.8 Å². The summed E-state index contributed by atoms with van der Waals surface area (Å²) in [4.78, 5) is 20.1. The maximum atomic E-state index is 11.8. The fraction of sp³-hybridized carbons (Fsp3) is 0.545. The van der Waals surface area contributed by atoms with Crippen LogP contribution in [0, 0.1) is 13.8 Å². The van der Waals surface area contributed by atoms with Gasteiger partial charge in [0.25, 0.3) is 0 Å². The first-order chi connectivity index (χ1) is 7.65. The first-order valence-corrected chi connectivity index (χ1v) is 5.52. The Bertz CT molecular complexity index is 379. The Hall–Kier alpha value is -1.49. The molecule has 5 heteroatoms. The summed E-state index contributed by atoms with van der Waals surface area (Å²) < 4.78 is 0. The number of hydrogen-bond donors (Lipinski definition) is 2. The van der Waals surface area contributed by atoms with Crippen molar-refractivity contribution < 1.29 is 4.79 Å². The van der Waals surface area contributed by atoms with Crippen molar-refractivity contribution in [3.8, 4) is 0 Å². The molecule has 0 unspecified atom stereocenters. The minimum atomic E-state index is -0.0931. The van der Waals surface area contributed by atoms with Crippen molar-refractivity contribution in [2.24, 2.45) is 0 Å². The highest BCUT2D eigenvalue weighted by atomic mass is 16.2. The standard InChI is InChI=1S/C11H16N4O/c1-7-6-8(2)14-11(13-7)15-10(16)9-4-3-5-12-9/h6,9,12H,3-5H2,1-2H3,(H,13,14,15,16)/t9-/m1/s1. The summed E-state index contributed by atoms with van der Waals surface area (Å²) in [6, 6.07) is 1.79. The molecule has 0 aromatic carbocycles. The van der Waals surface area contributed by atoms with Crippen LogP contribution >= 0.6 is 0 Å². The predicted molar refractivity (Wildman–Crippen MR) is 61.2 cm³/mol. The van der Waals surface area contributed by atoms with E-state index in [4.69, 9.17) is 0 Å². The third-order valence-electron chi connectivity index (χ3n) is 2.59. The molecule has 5 nitrogen and oxygen atoms in total. The Kier molecular flexibility index (Phi) is 3.14. The molecule has 2 N–H and O–H groups in total. The number of carbonyl (C=O) groups is 1. The van der Waals surface area contributed by atoms with Gasteiger partial charge in [0.1, 0.15) is 0 Å². The van der Waals surface area contributed by atoms with Crippen LogP contribution < -0.4 is 10.6 Å². The summed E-state index contributed by atoms with van der Waals surface area (Å²) in [5.41, 5.74) is 1.73. The van der Waals surface area contributed by atoms with Crippen molar-refractivity contribution in [1.29, 1.82) is 0 Å². The van der Waals surface area contributed by atoms with Crippen molar-refractivity contribution in [3.05, 3.63) is 17.5 Å². The Labute approximate surface area is 94.7 Å². The van der Waals surface area contributed by atoms with Crippen LogP contribution in [0.4, 0.5) is 5.95 Å². The zero-order chi connectivity index (χ0) is 11.5. The lowest BCUT2D eigenvalue weighted by Crippen LogP contribution is -2.36. The summed E-state index contributed by atoms with van der Waals surface area (Å²) in [5, 5.41) is 5.88. The molecule has 1 atom stereocenters. The van der Waals surface area contributed by atoms with E-state index in [2.05, 4.69) is 20.6 Å². The van der Waals surface area contributed by atoms with E-state index in [-0.39, 0.29) is 11.9 Å². The Morgan fingerprint density at radius 2 is 2.12 bits per heavy atom. The van der Waals surface area contributed by atoms with E-state index in [0.29, 0.717) is 5.95 Å². The van der Waals surface area contributed by atoms with Crippen molar-refractivity contribution in [2.75, 3.05) is 11.9 Å². The molecular weight excluding hydrogens is 204 g/mol. The molecule has 2 rings (SSSR count). The number of nitrogens with one attached hydrogen (secondary N) is 2. The topological polar surface area (TPSA) is 66.9 Å². The molecule has 1 aromatic heterocycles. The number of carbonyl (C=O) groups excluding carboxylic acids is 1. The smallest absolute Gasteiger partial charge is 0.243 e. The van der Waals surface area contributed by atoms with E-state index in [1.165, 1.54) is 0 Å². The summed E-state index contributed by atoms with van der Waals surface area (Å²) in [6.45, 7) is 4.68. The highest BCUT2D eigenvalue weighted by molar-refractivity contribution is 5.93. The molecule has 16 heavy (non-hydrogen) atoms. The van der Waals surface area contributed by atoms with Crippen molar-refractivity contribution in [3.63, 3.8) is 0 Å². The van der Waals surface area contributed by atoms with Crippen LogP contribution in [0.1, 0.15) is 24.2 Å². The molecule has 1 aliphatic heterocycles. The largest absolute Gasteiger partial charge is 0.306 e. The van der Waals surface area contributed by atoms with Crippen LogP contribution in [0.3, 0.4) is 0 Å². The fourth-order valence-corrected chi connectivity index (χ4v) is 1.89. The molecule has 0 spiro atoms. The molecule has 86 valence electrons. The molecule has 1 aliphatic rings. The first kappa shape index (κ1) is 11.0. The number of aromatic nitrogens is 2. The van der Waals surface area contributed by atoms with Gasteiger partial charge in [-0.25, -0.2) is 9.97 Å². The van der Waals surface area contributed by atoms with Gasteiger partial charge in [-0.1, -0.05) is 0 Å². The van der Waals surface area contributed by atoms with Gasteiger partial charge in [-0.15, -0.1) is 0 Å². The summed E-state index contributed by atoms with van der Waals surface area (Å²) >= 11 is 0. The fourth-order valence-electron chi connectivity index (χ4n) is 1.89. The zero-order valence-corrected chi connectivity index (χ0v) is 9.58. The molecule has 0 radical (unpaired) electrons. The van der Waals surface area contributed by atoms with Crippen LogP contribution in [0.5, 0.6) is 0 Å². The summed E-state index contributed by atoms with van der Waals surface area (Å²) in [6.07, 6.45) is 1.93. The number of rotatable bonds is 2. The van der Waals surface area contributed by atoms with E-state index < -0.39 is 0 Å². The quantitative estimate of drug-likeness (QED) is 0.773. The van der Waals surface area contributed by atoms with Gasteiger partial charge in [0.05, 0.1) is 6.04 Å². The van der Waals surface area contributed by atoms with Gasteiger partial charge >= 0.3 is 0 Å². The number of amides is 1. The van der Waals surface area contributed by atoms with Crippen molar-refractivity contribution >= 4 is 11.9 Å². The van der Waals surface area contributed by atoms with Gasteiger partial charge in [0.2, 0.25) is 11.9 Å². The molecular formula is C11H16N4O. The lowest BCUT2D eigenvalue weighted by atomic mass is 10.2. The molecule has 0 saturated carbocycles. The maximum absolute atomic E-state index is 11.8. The maximum Gasteiger partial charge on any atom is 0.243 e. The third kappa shape index (κ3) is 2.55. The Morgan fingerprint density at radius 1 is 1.44 bits per heavy atom. The van der Waals surface area contributed by atoms with Gasteiger partial charge in [-0.2, -0.15) is 0 Å². The van der Waals surface area contributed by atoms with E-state index in [1.54, 1.807) is 0 Å². The lowest BCUT2D eigenvalue weighted by molar-refractivity contribution is -0.117. The molecule has 1 aromatic rings. The summed E-state index contributed by atoms with van der Waals surface area (Å²) in [7, 11) is 0. The normalized spacial score (nSPS) is 19.8. The minimum absolute atomic E-state index is 0.0394. The lowest BCUT2D eigenvalue weighted by Gasteiger charge is -2.10. The summed E-state index contributed by atoms with van der Waals surface area (Å²) in [5.74, 6) is 0.360. The molecule has 2 heterocycles. The van der Waals surface area contributed by atoms with Gasteiger partial charge in [0, 0.05) is 11.4 Å². The van der Waals surface area contributed by atoms with E-state index in [9.17, 15) is 4.79 Å². The van der Waals surface area contributed by atoms with Gasteiger partial charge in [-0.3, -0.25) is 10.1 Å². The Morgan fingerprint density at radius 3 is 2.69 bits per heavy atom. The predicted octanol–water partition coefficient (Wildman–Crippen LogP) is 0.784. The van der Waals surface area contributed by atoms with Gasteiger partial charge in [-0.05, 0) is 39.3 Å². The molecule has 0 bridgehead atoms. The average molecular weight is 220 g/mol. The van der Waals surface area contributed by atoms with Crippen molar-refractivity contribution in [2.45, 2.75) is 32.7 Å². The van der Waals surface area contributed by atoms with Crippen LogP contribution in [-0.4, -0.2) is 28.5 Å². The Balaban J connectivity index is 2.05. The van der Waals surface area contributed by atoms with Crippen LogP contribution in [0.2, 0.25) is 0 Å². The highest BCUT2D eigenvalue weighted by Gasteiger charge is 2.22. The zero-order valence-electron chi connectivity index (χ0n) is 9.58. The van der Waals surface area contributed by atoms with Crippen LogP contribution in [0.15, 0.2) is 6.07 Å². The van der Waals surface area contributed by atoms with E-state index >= 15 is 0 Å². The van der Waals surface area contributed by atoms with Crippen molar-refractivity contribution in [1.82, 2.24) is 15.3 Å². The monoisotopic (exact) mass is 220 g/mol. The number of aryl methyl sites for hydroxylation is 2. The molecule has 1 amide bonds. The second-order valence-corrected chi connectivity index (χ2v) is 4.11. The SMILES string of the molecule is Cc1cc(C)nc(NC(=O)[C@H]2CCCN2)n1.